The van der Waals surface area contributed by atoms with Crippen LogP contribution in [0.15, 0.2) is 22.7 Å². The lowest BCUT2D eigenvalue weighted by Gasteiger charge is -2.28. The number of carbonyl (C=O) groups is 1. The summed E-state index contributed by atoms with van der Waals surface area (Å²) in [6.45, 7) is 9.19. The van der Waals surface area contributed by atoms with Gasteiger partial charge >= 0.3 is 0 Å². The van der Waals surface area contributed by atoms with E-state index in [0.29, 0.717) is 17.9 Å². The highest BCUT2D eigenvalue weighted by atomic mass is 16.5. The lowest BCUT2D eigenvalue weighted by atomic mass is 10.1. The first kappa shape index (κ1) is 16.5. The summed E-state index contributed by atoms with van der Waals surface area (Å²) < 4.78 is 10.9. The molecule has 1 fully saturated rings. The van der Waals surface area contributed by atoms with Gasteiger partial charge in [-0.05, 0) is 38.5 Å². The number of nitrogens with zero attached hydrogens (tertiary/aromatic N) is 2. The molecule has 0 atom stereocenters. The molecule has 6 nitrogen and oxygen atoms in total. The van der Waals surface area contributed by atoms with E-state index < -0.39 is 0 Å². The Bertz CT molecular complexity index is 733. The molecule has 1 saturated heterocycles. The van der Waals surface area contributed by atoms with Gasteiger partial charge in [-0.1, -0.05) is 0 Å². The standard InChI is InChI=1S/C18H23N3O3/c1-12-13(2)24-14(3)17(12)18(22)20-11-15-4-5-19-16(10-15)21-6-8-23-9-7-21/h4-5,10H,6-9,11H2,1-3H3,(H,20,22). The van der Waals surface area contributed by atoms with Crippen LogP contribution in [0.25, 0.3) is 0 Å². The molecule has 0 aliphatic carbocycles. The zero-order chi connectivity index (χ0) is 17.1. The van der Waals surface area contributed by atoms with Gasteiger partial charge in [0.2, 0.25) is 0 Å². The molecule has 3 heterocycles. The zero-order valence-electron chi connectivity index (χ0n) is 14.4. The van der Waals surface area contributed by atoms with Crippen LogP contribution < -0.4 is 10.2 Å². The maximum Gasteiger partial charge on any atom is 0.255 e. The van der Waals surface area contributed by atoms with E-state index in [1.807, 2.05) is 32.9 Å². The molecular formula is C18H23N3O3. The summed E-state index contributed by atoms with van der Waals surface area (Å²) in [6, 6.07) is 3.94. The van der Waals surface area contributed by atoms with Crippen molar-refractivity contribution >= 4 is 11.7 Å². The number of carbonyl (C=O) groups excluding carboxylic acids is 1. The van der Waals surface area contributed by atoms with E-state index in [-0.39, 0.29) is 5.91 Å². The molecular weight excluding hydrogens is 306 g/mol. The Labute approximate surface area is 141 Å². The lowest BCUT2D eigenvalue weighted by Crippen LogP contribution is -2.36. The molecule has 0 unspecified atom stereocenters. The maximum absolute atomic E-state index is 12.4. The number of anilines is 1. The van der Waals surface area contributed by atoms with Crippen LogP contribution in [0.3, 0.4) is 0 Å². The van der Waals surface area contributed by atoms with Gasteiger partial charge in [0, 0.05) is 31.4 Å². The molecule has 1 N–H and O–H groups in total. The number of amides is 1. The summed E-state index contributed by atoms with van der Waals surface area (Å²) in [5, 5.41) is 2.97. The van der Waals surface area contributed by atoms with Gasteiger partial charge in [0.15, 0.2) is 0 Å². The normalized spacial score (nSPS) is 14.7. The maximum atomic E-state index is 12.4. The number of morpholine rings is 1. The topological polar surface area (TPSA) is 67.6 Å². The number of aromatic nitrogens is 1. The van der Waals surface area contributed by atoms with Crippen LogP contribution in [0.4, 0.5) is 5.82 Å². The van der Waals surface area contributed by atoms with Gasteiger partial charge in [0.05, 0.1) is 18.8 Å². The summed E-state index contributed by atoms with van der Waals surface area (Å²) >= 11 is 0. The van der Waals surface area contributed by atoms with Gasteiger partial charge in [-0.3, -0.25) is 4.79 Å². The smallest absolute Gasteiger partial charge is 0.255 e. The Hall–Kier alpha value is -2.34. The molecule has 0 saturated carbocycles. The molecule has 1 aliphatic heterocycles. The second-order valence-electron chi connectivity index (χ2n) is 6.02. The van der Waals surface area contributed by atoms with E-state index >= 15 is 0 Å². The molecule has 2 aromatic rings. The first-order valence-corrected chi connectivity index (χ1v) is 8.18. The van der Waals surface area contributed by atoms with Gasteiger partial charge in [0.25, 0.3) is 5.91 Å². The molecule has 0 bridgehead atoms. The van der Waals surface area contributed by atoms with Gasteiger partial charge in [-0.2, -0.15) is 0 Å². The highest BCUT2D eigenvalue weighted by Gasteiger charge is 2.18. The summed E-state index contributed by atoms with van der Waals surface area (Å²) in [5.41, 5.74) is 2.55. The third kappa shape index (κ3) is 3.43. The van der Waals surface area contributed by atoms with E-state index in [1.54, 1.807) is 6.20 Å². The number of pyridine rings is 1. The van der Waals surface area contributed by atoms with Crippen LogP contribution in [0.5, 0.6) is 0 Å². The van der Waals surface area contributed by atoms with Crippen LogP contribution in [0.1, 0.15) is 33.0 Å². The molecule has 128 valence electrons. The average Bonchev–Trinajstić information content (AvgIpc) is 2.86. The fourth-order valence-corrected chi connectivity index (χ4v) is 2.93. The summed E-state index contributed by atoms with van der Waals surface area (Å²) in [6.07, 6.45) is 1.78. The first-order chi connectivity index (χ1) is 11.6. The van der Waals surface area contributed by atoms with Crippen molar-refractivity contribution in [1.29, 1.82) is 0 Å². The quantitative estimate of drug-likeness (QED) is 0.933. The van der Waals surface area contributed by atoms with Crippen LogP contribution in [-0.2, 0) is 11.3 Å². The summed E-state index contributed by atoms with van der Waals surface area (Å²) in [4.78, 5) is 19.1. The van der Waals surface area contributed by atoms with E-state index in [9.17, 15) is 4.79 Å². The highest BCUT2D eigenvalue weighted by Crippen LogP contribution is 2.21. The highest BCUT2D eigenvalue weighted by molar-refractivity contribution is 5.96. The van der Waals surface area contributed by atoms with Crippen LogP contribution in [0, 0.1) is 20.8 Å². The lowest BCUT2D eigenvalue weighted by molar-refractivity contribution is 0.0949. The second kappa shape index (κ2) is 7.05. The predicted molar refractivity (Wildman–Crippen MR) is 91.4 cm³/mol. The minimum atomic E-state index is -0.105. The van der Waals surface area contributed by atoms with Crippen molar-refractivity contribution in [3.05, 3.63) is 46.5 Å². The Morgan fingerprint density at radius 1 is 1.25 bits per heavy atom. The van der Waals surface area contributed by atoms with Crippen molar-refractivity contribution in [3.63, 3.8) is 0 Å². The third-order valence-electron chi connectivity index (χ3n) is 4.39. The monoisotopic (exact) mass is 329 g/mol. The first-order valence-electron chi connectivity index (χ1n) is 8.18. The summed E-state index contributed by atoms with van der Waals surface area (Å²) in [5.74, 6) is 2.27. The van der Waals surface area contributed by atoms with Crippen molar-refractivity contribution in [2.45, 2.75) is 27.3 Å². The number of aryl methyl sites for hydroxylation is 2. The van der Waals surface area contributed by atoms with Crippen molar-refractivity contribution in [2.24, 2.45) is 0 Å². The minimum Gasteiger partial charge on any atom is -0.466 e. The molecule has 1 amide bonds. The van der Waals surface area contributed by atoms with Gasteiger partial charge < -0.3 is 19.4 Å². The van der Waals surface area contributed by atoms with Crippen LogP contribution in [-0.4, -0.2) is 37.2 Å². The average molecular weight is 329 g/mol. The Kier molecular flexibility index (Phi) is 4.85. The molecule has 0 spiro atoms. The molecule has 2 aromatic heterocycles. The molecule has 3 rings (SSSR count). The van der Waals surface area contributed by atoms with Crippen molar-refractivity contribution in [3.8, 4) is 0 Å². The fourth-order valence-electron chi connectivity index (χ4n) is 2.93. The molecule has 6 heteroatoms. The Morgan fingerprint density at radius 3 is 2.67 bits per heavy atom. The van der Waals surface area contributed by atoms with E-state index in [1.165, 1.54) is 0 Å². The molecule has 0 aromatic carbocycles. The number of nitrogens with one attached hydrogen (secondary N) is 1. The van der Waals surface area contributed by atoms with Crippen molar-refractivity contribution in [1.82, 2.24) is 10.3 Å². The van der Waals surface area contributed by atoms with E-state index in [4.69, 9.17) is 9.15 Å². The minimum absolute atomic E-state index is 0.105. The number of hydrogen-bond acceptors (Lipinski definition) is 5. The fraction of sp³-hybridized carbons (Fsp3) is 0.444. The van der Waals surface area contributed by atoms with E-state index in [2.05, 4.69) is 15.2 Å². The SMILES string of the molecule is Cc1oc(C)c(C(=O)NCc2ccnc(N3CCOCC3)c2)c1C. The zero-order valence-corrected chi connectivity index (χ0v) is 14.4. The summed E-state index contributed by atoms with van der Waals surface area (Å²) in [7, 11) is 0. The Morgan fingerprint density at radius 2 is 2.00 bits per heavy atom. The van der Waals surface area contributed by atoms with E-state index in [0.717, 1.165) is 49.0 Å². The molecule has 0 radical (unpaired) electrons. The number of hydrogen-bond donors (Lipinski definition) is 1. The number of furan rings is 1. The van der Waals surface area contributed by atoms with Crippen molar-refractivity contribution < 1.29 is 13.9 Å². The van der Waals surface area contributed by atoms with Crippen molar-refractivity contribution in [2.75, 3.05) is 31.2 Å². The second-order valence-corrected chi connectivity index (χ2v) is 6.02. The largest absolute Gasteiger partial charge is 0.466 e. The van der Waals surface area contributed by atoms with Gasteiger partial charge in [-0.25, -0.2) is 4.98 Å². The van der Waals surface area contributed by atoms with Gasteiger partial charge in [0.1, 0.15) is 17.3 Å². The van der Waals surface area contributed by atoms with Gasteiger partial charge in [-0.15, -0.1) is 0 Å². The molecule has 1 aliphatic rings. The molecule has 24 heavy (non-hydrogen) atoms. The third-order valence-corrected chi connectivity index (χ3v) is 4.39. The number of rotatable bonds is 4. The number of ether oxygens (including phenoxy) is 1. The van der Waals surface area contributed by atoms with Crippen LogP contribution >= 0.6 is 0 Å². The predicted octanol–water partition coefficient (Wildman–Crippen LogP) is 2.37. The Balaban J connectivity index is 1.67. The van der Waals surface area contributed by atoms with Crippen LogP contribution in [0.2, 0.25) is 0 Å².